The van der Waals surface area contributed by atoms with Crippen LogP contribution in [0.4, 0.5) is 0 Å². The minimum Gasteiger partial charge on any atom is -0.455 e. The smallest absolute Gasteiger partial charge is 0.334 e. The molecular formula is C35H64O7. The molecule has 2 aliphatic rings. The molecule has 7 heteroatoms. The van der Waals surface area contributed by atoms with Gasteiger partial charge in [-0.3, -0.25) is 0 Å². The predicted molar refractivity (Wildman–Crippen MR) is 168 cm³/mol. The van der Waals surface area contributed by atoms with Gasteiger partial charge in [-0.05, 0) is 57.9 Å². The van der Waals surface area contributed by atoms with Gasteiger partial charge in [0.25, 0.3) is 0 Å². The van der Waals surface area contributed by atoms with E-state index >= 15 is 0 Å². The first kappa shape index (κ1) is 37.2. The predicted octanol–water partition coefficient (Wildman–Crippen LogP) is 7.06. The highest BCUT2D eigenvalue weighted by atomic mass is 16.5. The highest BCUT2D eigenvalue weighted by Crippen LogP contribution is 2.28. The van der Waals surface area contributed by atoms with Gasteiger partial charge in [-0.2, -0.15) is 0 Å². The van der Waals surface area contributed by atoms with E-state index in [4.69, 9.17) is 9.47 Å². The number of aliphatic hydroxyl groups excluding tert-OH is 4. The Bertz CT molecular complexity index is 726. The molecule has 0 saturated carbocycles. The van der Waals surface area contributed by atoms with Crippen LogP contribution in [0.5, 0.6) is 0 Å². The van der Waals surface area contributed by atoms with Crippen LogP contribution < -0.4 is 0 Å². The maximum absolute atomic E-state index is 11.7. The molecule has 2 aliphatic heterocycles. The fourth-order valence-electron chi connectivity index (χ4n) is 6.40. The second kappa shape index (κ2) is 22.5. The number of cyclic esters (lactones) is 1. The number of aliphatic hydroxyl groups is 4. The summed E-state index contributed by atoms with van der Waals surface area (Å²) in [6, 6.07) is 0. The molecule has 0 aromatic heterocycles. The van der Waals surface area contributed by atoms with Crippen molar-refractivity contribution in [2.24, 2.45) is 0 Å². The van der Waals surface area contributed by atoms with E-state index in [9.17, 15) is 25.2 Å². The van der Waals surface area contributed by atoms with Gasteiger partial charge in [0.1, 0.15) is 6.10 Å². The third-order valence-corrected chi connectivity index (χ3v) is 9.14. The van der Waals surface area contributed by atoms with Crippen LogP contribution in [0.3, 0.4) is 0 Å². The molecule has 42 heavy (non-hydrogen) atoms. The molecular weight excluding hydrogens is 532 g/mol. The molecule has 0 aliphatic carbocycles. The van der Waals surface area contributed by atoms with Crippen molar-refractivity contribution in [2.75, 3.05) is 0 Å². The quantitative estimate of drug-likeness (QED) is 0.0624. The monoisotopic (exact) mass is 596 g/mol. The Hall–Kier alpha value is -0.990. The second-order valence-electron chi connectivity index (χ2n) is 13.1. The van der Waals surface area contributed by atoms with Gasteiger partial charge in [0.05, 0.1) is 36.6 Å². The number of rotatable bonds is 26. The van der Waals surface area contributed by atoms with Crippen LogP contribution in [0.1, 0.15) is 162 Å². The third kappa shape index (κ3) is 16.2. The molecule has 1 unspecified atom stereocenters. The zero-order chi connectivity index (χ0) is 30.6. The molecule has 1 saturated heterocycles. The van der Waals surface area contributed by atoms with Crippen molar-refractivity contribution >= 4 is 5.97 Å². The average Bonchev–Trinajstić information content (AvgIpc) is 3.57. The molecule has 7 atom stereocenters. The lowest BCUT2D eigenvalue weighted by Gasteiger charge is -2.20. The minimum absolute atomic E-state index is 0.0194. The van der Waals surface area contributed by atoms with Gasteiger partial charge in [0.2, 0.25) is 0 Å². The van der Waals surface area contributed by atoms with E-state index in [0.717, 1.165) is 51.4 Å². The third-order valence-electron chi connectivity index (χ3n) is 9.14. The molecule has 0 amide bonds. The van der Waals surface area contributed by atoms with Crippen molar-refractivity contribution in [1.29, 1.82) is 0 Å². The standard InChI is InChI=1S/C35H64O7/c1-3-4-5-6-7-8-9-10-11-12-13-16-20-33(39)34-24-22-30(42-34)18-15-14-17-19-31(37)32(38)23-21-29(36)26-28-25-27(2)41-35(28)40/h25,27,29-34,36-39H,3-24,26H2,1-2H3/t27?,29-,30-,31-,32-,33+,34+/m1/s1. The van der Waals surface area contributed by atoms with E-state index in [1.165, 1.54) is 70.6 Å². The Morgan fingerprint density at radius 2 is 1.31 bits per heavy atom. The first-order valence-corrected chi connectivity index (χ1v) is 17.6. The van der Waals surface area contributed by atoms with E-state index in [1.54, 1.807) is 13.0 Å². The van der Waals surface area contributed by atoms with Crippen molar-refractivity contribution in [3.63, 3.8) is 0 Å². The lowest BCUT2D eigenvalue weighted by molar-refractivity contribution is -0.139. The zero-order valence-corrected chi connectivity index (χ0v) is 26.9. The van der Waals surface area contributed by atoms with Gasteiger partial charge in [-0.1, -0.05) is 103 Å². The van der Waals surface area contributed by atoms with Gasteiger partial charge in [0.15, 0.2) is 0 Å². The summed E-state index contributed by atoms with van der Waals surface area (Å²) in [6.45, 7) is 4.05. The normalized spacial score (nSPS) is 23.5. The van der Waals surface area contributed by atoms with Crippen LogP contribution in [0.25, 0.3) is 0 Å². The second-order valence-corrected chi connectivity index (χ2v) is 13.1. The van der Waals surface area contributed by atoms with Crippen molar-refractivity contribution in [3.05, 3.63) is 11.6 Å². The maximum atomic E-state index is 11.7. The number of esters is 1. The van der Waals surface area contributed by atoms with Gasteiger partial charge >= 0.3 is 5.97 Å². The molecule has 246 valence electrons. The van der Waals surface area contributed by atoms with Gasteiger partial charge in [0, 0.05) is 12.0 Å². The summed E-state index contributed by atoms with van der Waals surface area (Å²) in [7, 11) is 0. The molecule has 0 bridgehead atoms. The summed E-state index contributed by atoms with van der Waals surface area (Å²) in [5.74, 6) is -0.383. The summed E-state index contributed by atoms with van der Waals surface area (Å²) in [5, 5.41) is 41.4. The fourth-order valence-corrected chi connectivity index (χ4v) is 6.40. The maximum Gasteiger partial charge on any atom is 0.334 e. The number of carbonyl (C=O) groups is 1. The molecule has 2 rings (SSSR count). The molecule has 4 N–H and O–H groups in total. The molecule has 0 radical (unpaired) electrons. The Labute approximate surface area is 256 Å². The summed E-state index contributed by atoms with van der Waals surface area (Å²) < 4.78 is 11.2. The molecule has 0 aromatic rings. The Kier molecular flexibility index (Phi) is 19.9. The number of ether oxygens (including phenoxy) is 2. The van der Waals surface area contributed by atoms with Gasteiger partial charge in [-0.15, -0.1) is 0 Å². The highest BCUT2D eigenvalue weighted by molar-refractivity contribution is 5.90. The van der Waals surface area contributed by atoms with Crippen molar-refractivity contribution in [2.45, 2.75) is 204 Å². The number of carbonyl (C=O) groups excluding carboxylic acids is 1. The van der Waals surface area contributed by atoms with Crippen molar-refractivity contribution in [1.82, 2.24) is 0 Å². The largest absolute Gasteiger partial charge is 0.455 e. The van der Waals surface area contributed by atoms with Gasteiger partial charge < -0.3 is 29.9 Å². The van der Waals surface area contributed by atoms with Crippen LogP contribution in [0.15, 0.2) is 11.6 Å². The number of hydrogen-bond acceptors (Lipinski definition) is 7. The van der Waals surface area contributed by atoms with E-state index in [1.807, 2.05) is 0 Å². The summed E-state index contributed by atoms with van der Waals surface area (Å²) in [5.41, 5.74) is 0.483. The molecule has 0 spiro atoms. The Morgan fingerprint density at radius 1 is 0.738 bits per heavy atom. The van der Waals surface area contributed by atoms with Crippen LogP contribution in [0, 0.1) is 0 Å². The minimum atomic E-state index is -0.881. The first-order valence-electron chi connectivity index (χ1n) is 17.6. The molecule has 2 heterocycles. The van der Waals surface area contributed by atoms with Crippen molar-refractivity contribution in [3.8, 4) is 0 Å². The molecule has 1 fully saturated rings. The highest BCUT2D eigenvalue weighted by Gasteiger charge is 2.30. The summed E-state index contributed by atoms with van der Waals surface area (Å²) in [6.07, 6.45) is 22.7. The Morgan fingerprint density at radius 3 is 1.93 bits per heavy atom. The average molecular weight is 597 g/mol. The van der Waals surface area contributed by atoms with Crippen LogP contribution in [-0.4, -0.2) is 69.1 Å². The first-order chi connectivity index (χ1) is 20.3. The van der Waals surface area contributed by atoms with Crippen LogP contribution >= 0.6 is 0 Å². The van der Waals surface area contributed by atoms with Gasteiger partial charge in [-0.25, -0.2) is 4.79 Å². The SMILES string of the molecule is CCCCCCCCCCCCCC[C@H](O)[C@@H]1CC[C@@H](CCCCC[C@@H](O)[C@H](O)CC[C@@H](O)CC2=CC(C)OC2=O)O1. The molecule has 0 aromatic carbocycles. The van der Waals surface area contributed by atoms with Crippen LogP contribution in [-0.2, 0) is 14.3 Å². The fraction of sp³-hybridized carbons (Fsp3) is 0.914. The summed E-state index contributed by atoms with van der Waals surface area (Å²) in [4.78, 5) is 11.7. The van der Waals surface area contributed by atoms with Crippen LogP contribution in [0.2, 0.25) is 0 Å². The number of unbranched alkanes of at least 4 members (excludes halogenated alkanes) is 13. The molecule has 7 nitrogen and oxygen atoms in total. The summed E-state index contributed by atoms with van der Waals surface area (Å²) >= 11 is 0. The van der Waals surface area contributed by atoms with Crippen molar-refractivity contribution < 1.29 is 34.7 Å². The Balaban J connectivity index is 1.41. The lowest BCUT2D eigenvalue weighted by Crippen LogP contribution is -2.27. The lowest BCUT2D eigenvalue weighted by atomic mass is 9.97. The van der Waals surface area contributed by atoms with E-state index in [0.29, 0.717) is 24.8 Å². The van der Waals surface area contributed by atoms with E-state index in [-0.39, 0.29) is 36.8 Å². The zero-order valence-electron chi connectivity index (χ0n) is 26.9. The number of hydrogen-bond donors (Lipinski definition) is 4. The topological polar surface area (TPSA) is 116 Å². The van der Waals surface area contributed by atoms with E-state index in [2.05, 4.69) is 6.92 Å². The van der Waals surface area contributed by atoms with E-state index < -0.39 is 18.3 Å².